The van der Waals surface area contributed by atoms with Crippen molar-refractivity contribution in [3.63, 3.8) is 0 Å². The van der Waals surface area contributed by atoms with Crippen LogP contribution in [0.3, 0.4) is 0 Å². The molecule has 0 aromatic carbocycles. The Balaban J connectivity index is 2.65. The van der Waals surface area contributed by atoms with E-state index in [4.69, 9.17) is 5.73 Å². The fourth-order valence-electron chi connectivity index (χ4n) is 2.01. The number of rotatable bonds is 5. The standard InChI is InChI=1S/C10H21N3O3S/c1-8(10(11)14)12-17(15,16)13(2)9-6-4-3-5-7-9/h8-9,12H,3-7H2,1-2H3,(H2,11,14). The average molecular weight is 263 g/mol. The largest absolute Gasteiger partial charge is 0.368 e. The zero-order valence-electron chi connectivity index (χ0n) is 10.3. The van der Waals surface area contributed by atoms with Gasteiger partial charge in [0.2, 0.25) is 5.91 Å². The van der Waals surface area contributed by atoms with Gasteiger partial charge in [0, 0.05) is 13.1 Å². The Morgan fingerprint density at radius 2 is 1.88 bits per heavy atom. The summed E-state index contributed by atoms with van der Waals surface area (Å²) < 4.78 is 27.5. The van der Waals surface area contributed by atoms with E-state index in [2.05, 4.69) is 4.72 Å². The summed E-state index contributed by atoms with van der Waals surface area (Å²) in [5.41, 5.74) is 5.04. The summed E-state index contributed by atoms with van der Waals surface area (Å²) in [6.45, 7) is 1.44. The minimum absolute atomic E-state index is 0.0290. The van der Waals surface area contributed by atoms with Gasteiger partial charge in [-0.3, -0.25) is 4.79 Å². The molecule has 1 aliphatic rings. The zero-order valence-corrected chi connectivity index (χ0v) is 11.2. The molecule has 1 aliphatic carbocycles. The first-order valence-electron chi connectivity index (χ1n) is 5.89. The Bertz CT molecular complexity index is 363. The minimum Gasteiger partial charge on any atom is -0.368 e. The average Bonchev–Trinajstić information content (AvgIpc) is 2.28. The van der Waals surface area contributed by atoms with E-state index in [1.165, 1.54) is 11.2 Å². The number of carbonyl (C=O) groups excluding carboxylic acids is 1. The number of nitrogens with two attached hydrogens (primary N) is 1. The molecule has 100 valence electrons. The quantitative estimate of drug-likeness (QED) is 0.729. The van der Waals surface area contributed by atoms with Gasteiger partial charge < -0.3 is 5.73 Å². The second-order valence-electron chi connectivity index (χ2n) is 4.55. The summed E-state index contributed by atoms with van der Waals surface area (Å²) in [6.07, 6.45) is 5.02. The van der Waals surface area contributed by atoms with E-state index in [-0.39, 0.29) is 6.04 Å². The first kappa shape index (κ1) is 14.4. The third-order valence-corrected chi connectivity index (χ3v) is 4.93. The van der Waals surface area contributed by atoms with E-state index in [1.54, 1.807) is 7.05 Å². The Labute approximate surface area is 103 Å². The molecule has 1 amide bonds. The first-order chi connectivity index (χ1) is 7.84. The lowest BCUT2D eigenvalue weighted by atomic mass is 9.96. The monoisotopic (exact) mass is 263 g/mol. The van der Waals surface area contributed by atoms with E-state index in [0.29, 0.717) is 0 Å². The normalized spacial score (nSPS) is 20.4. The van der Waals surface area contributed by atoms with Gasteiger partial charge in [-0.2, -0.15) is 17.4 Å². The molecule has 0 spiro atoms. The molecule has 1 fully saturated rings. The number of primary amides is 1. The van der Waals surface area contributed by atoms with E-state index in [9.17, 15) is 13.2 Å². The van der Waals surface area contributed by atoms with Crippen molar-refractivity contribution in [1.29, 1.82) is 0 Å². The van der Waals surface area contributed by atoms with Crippen LogP contribution in [0.2, 0.25) is 0 Å². The number of carbonyl (C=O) groups is 1. The first-order valence-corrected chi connectivity index (χ1v) is 7.33. The van der Waals surface area contributed by atoms with Crippen molar-refractivity contribution in [3.05, 3.63) is 0 Å². The molecule has 1 saturated carbocycles. The molecular weight excluding hydrogens is 242 g/mol. The molecule has 1 unspecified atom stereocenters. The zero-order chi connectivity index (χ0) is 13.1. The van der Waals surface area contributed by atoms with Crippen LogP contribution < -0.4 is 10.5 Å². The smallest absolute Gasteiger partial charge is 0.280 e. The maximum Gasteiger partial charge on any atom is 0.280 e. The SMILES string of the molecule is CC(NS(=O)(=O)N(C)C1CCCCC1)C(N)=O. The lowest BCUT2D eigenvalue weighted by molar-refractivity contribution is -0.119. The van der Waals surface area contributed by atoms with E-state index < -0.39 is 22.2 Å². The summed E-state index contributed by atoms with van der Waals surface area (Å²) in [5, 5.41) is 0. The molecule has 1 atom stereocenters. The van der Waals surface area contributed by atoms with Gasteiger partial charge in [0.25, 0.3) is 10.2 Å². The third-order valence-electron chi connectivity index (χ3n) is 3.22. The molecule has 7 heteroatoms. The van der Waals surface area contributed by atoms with Gasteiger partial charge in [-0.05, 0) is 19.8 Å². The number of hydrogen-bond donors (Lipinski definition) is 2. The fourth-order valence-corrected chi connectivity index (χ4v) is 3.34. The Hall–Kier alpha value is -0.660. The molecule has 17 heavy (non-hydrogen) atoms. The van der Waals surface area contributed by atoms with Crippen LogP contribution in [-0.2, 0) is 15.0 Å². The summed E-state index contributed by atoms with van der Waals surface area (Å²) in [6, 6.07) is -0.854. The van der Waals surface area contributed by atoms with E-state index in [0.717, 1.165) is 32.1 Å². The molecule has 0 radical (unpaired) electrons. The molecule has 3 N–H and O–H groups in total. The molecule has 1 rings (SSSR count). The molecular formula is C10H21N3O3S. The van der Waals surface area contributed by atoms with Gasteiger partial charge in [-0.25, -0.2) is 0 Å². The molecule has 0 aromatic heterocycles. The van der Waals surface area contributed by atoms with Crippen LogP contribution in [-0.4, -0.2) is 37.8 Å². The number of nitrogens with zero attached hydrogens (tertiary/aromatic N) is 1. The van der Waals surface area contributed by atoms with Crippen molar-refractivity contribution in [3.8, 4) is 0 Å². The van der Waals surface area contributed by atoms with Crippen LogP contribution >= 0.6 is 0 Å². The summed E-state index contributed by atoms with van der Waals surface area (Å²) in [7, 11) is -2.07. The highest BCUT2D eigenvalue weighted by Crippen LogP contribution is 2.22. The second kappa shape index (κ2) is 5.79. The minimum atomic E-state index is -3.62. The second-order valence-corrected chi connectivity index (χ2v) is 6.32. The number of nitrogens with one attached hydrogen (secondary N) is 1. The van der Waals surface area contributed by atoms with Crippen LogP contribution in [0.15, 0.2) is 0 Å². The van der Waals surface area contributed by atoms with Crippen LogP contribution in [0.5, 0.6) is 0 Å². The summed E-state index contributed by atoms with van der Waals surface area (Å²) in [5.74, 6) is -0.675. The lowest BCUT2D eigenvalue weighted by Crippen LogP contribution is -2.50. The van der Waals surface area contributed by atoms with Gasteiger partial charge in [0.1, 0.15) is 0 Å². The van der Waals surface area contributed by atoms with Gasteiger partial charge in [-0.15, -0.1) is 0 Å². The molecule has 0 aromatic rings. The lowest BCUT2D eigenvalue weighted by Gasteiger charge is -2.30. The van der Waals surface area contributed by atoms with E-state index >= 15 is 0 Å². The maximum atomic E-state index is 12.0. The Kier molecular flexibility index (Phi) is 4.91. The highest BCUT2D eigenvalue weighted by atomic mass is 32.2. The third kappa shape index (κ3) is 3.93. The van der Waals surface area contributed by atoms with Crippen molar-refractivity contribution in [1.82, 2.24) is 9.03 Å². The van der Waals surface area contributed by atoms with Gasteiger partial charge in [0.05, 0.1) is 6.04 Å². The fraction of sp³-hybridized carbons (Fsp3) is 0.900. The van der Waals surface area contributed by atoms with Gasteiger partial charge >= 0.3 is 0 Å². The molecule has 0 bridgehead atoms. The highest BCUT2D eigenvalue weighted by Gasteiger charge is 2.29. The van der Waals surface area contributed by atoms with Crippen molar-refractivity contribution in [2.75, 3.05) is 7.05 Å². The number of hydrogen-bond acceptors (Lipinski definition) is 3. The van der Waals surface area contributed by atoms with Crippen LogP contribution in [0, 0.1) is 0 Å². The van der Waals surface area contributed by atoms with Gasteiger partial charge in [0.15, 0.2) is 0 Å². The predicted octanol–water partition coefficient (Wildman–Crippen LogP) is -0.0409. The topological polar surface area (TPSA) is 92.5 Å². The van der Waals surface area contributed by atoms with Crippen molar-refractivity contribution < 1.29 is 13.2 Å². The number of amides is 1. The molecule has 0 aliphatic heterocycles. The maximum absolute atomic E-state index is 12.0. The predicted molar refractivity (Wildman–Crippen MR) is 65.3 cm³/mol. The molecule has 0 heterocycles. The van der Waals surface area contributed by atoms with Crippen LogP contribution in [0.4, 0.5) is 0 Å². The molecule has 0 saturated heterocycles. The van der Waals surface area contributed by atoms with Crippen molar-refractivity contribution in [2.45, 2.75) is 51.1 Å². The Morgan fingerprint density at radius 1 is 1.35 bits per heavy atom. The van der Waals surface area contributed by atoms with Crippen molar-refractivity contribution >= 4 is 16.1 Å². The van der Waals surface area contributed by atoms with E-state index in [1.807, 2.05) is 0 Å². The van der Waals surface area contributed by atoms with Crippen LogP contribution in [0.25, 0.3) is 0 Å². The Morgan fingerprint density at radius 3 is 2.35 bits per heavy atom. The molecule has 6 nitrogen and oxygen atoms in total. The summed E-state index contributed by atoms with van der Waals surface area (Å²) in [4.78, 5) is 10.9. The van der Waals surface area contributed by atoms with Crippen molar-refractivity contribution in [2.24, 2.45) is 5.73 Å². The van der Waals surface area contributed by atoms with Crippen LogP contribution in [0.1, 0.15) is 39.0 Å². The summed E-state index contributed by atoms with van der Waals surface area (Å²) >= 11 is 0. The van der Waals surface area contributed by atoms with Gasteiger partial charge in [-0.1, -0.05) is 19.3 Å². The highest BCUT2D eigenvalue weighted by molar-refractivity contribution is 7.87.